The first kappa shape index (κ1) is 27.8. The van der Waals surface area contributed by atoms with E-state index in [0.29, 0.717) is 16.9 Å². The highest BCUT2D eigenvalue weighted by Gasteiger charge is 2.24. The molecule has 0 N–H and O–H groups in total. The van der Waals surface area contributed by atoms with Gasteiger partial charge >= 0.3 is 0 Å². The molecule has 0 bridgehead atoms. The number of aryl methyl sites for hydroxylation is 3. The van der Waals surface area contributed by atoms with Crippen LogP contribution in [0, 0.1) is 12.3 Å². The summed E-state index contributed by atoms with van der Waals surface area (Å²) in [4.78, 5) is 8.23. The van der Waals surface area contributed by atoms with E-state index in [2.05, 4.69) is 49.6 Å². The molecule has 0 aliphatic carbocycles. The Morgan fingerprint density at radius 2 is 1.54 bits per heavy atom. The van der Waals surface area contributed by atoms with Gasteiger partial charge in [-0.15, -0.1) is 11.3 Å². The lowest BCUT2D eigenvalue weighted by Crippen LogP contribution is -2.46. The molecular weight excluding hydrogens is 456 g/mol. The van der Waals surface area contributed by atoms with E-state index < -0.39 is 0 Å². The Balaban J connectivity index is 1.46. The Kier molecular flexibility index (Phi) is 10.3. The zero-order valence-electron chi connectivity index (χ0n) is 23.0. The summed E-state index contributed by atoms with van der Waals surface area (Å²) >= 11 is 2.00. The van der Waals surface area contributed by atoms with Gasteiger partial charge in [0.2, 0.25) is 5.75 Å². The normalized spacial score (nSPS) is 15.4. The number of hydrogen-bond acceptors (Lipinski definition) is 6. The average molecular weight is 503 g/mol. The number of benzene rings is 1. The molecule has 0 radical (unpaired) electrons. The van der Waals surface area contributed by atoms with Gasteiger partial charge in [0.1, 0.15) is 0 Å². The number of thiophene rings is 1. The third kappa shape index (κ3) is 7.61. The van der Waals surface area contributed by atoms with Crippen LogP contribution in [-0.4, -0.2) is 63.9 Å². The van der Waals surface area contributed by atoms with Crippen LogP contribution in [-0.2, 0) is 19.4 Å². The number of piperazine rings is 1. The maximum absolute atomic E-state index is 5.68. The lowest BCUT2D eigenvalue weighted by atomic mass is 9.83. The molecule has 1 aliphatic rings. The van der Waals surface area contributed by atoms with Gasteiger partial charge in [0.15, 0.2) is 11.5 Å². The van der Waals surface area contributed by atoms with Crippen molar-refractivity contribution in [1.29, 1.82) is 0 Å². The lowest BCUT2D eigenvalue weighted by Gasteiger charge is -2.36. The van der Waals surface area contributed by atoms with Gasteiger partial charge in [0, 0.05) is 48.0 Å². The molecule has 2 aromatic rings. The van der Waals surface area contributed by atoms with Crippen LogP contribution in [0.5, 0.6) is 17.2 Å². The Hall–Kier alpha value is -1.76. The molecular formula is C29H46N2O3S. The molecule has 0 saturated carbocycles. The first-order valence-electron chi connectivity index (χ1n) is 13.1. The quantitative estimate of drug-likeness (QED) is 0.326. The molecule has 1 aromatic heterocycles. The topological polar surface area (TPSA) is 34.2 Å². The number of methoxy groups -OCH3 is 3. The zero-order chi connectivity index (χ0) is 25.4. The second-order valence-electron chi connectivity index (χ2n) is 10.6. The van der Waals surface area contributed by atoms with Crippen LogP contribution in [0.1, 0.15) is 60.9 Å². The molecule has 0 atom stereocenters. The van der Waals surface area contributed by atoms with Crippen LogP contribution in [0.4, 0.5) is 0 Å². The van der Waals surface area contributed by atoms with Crippen LogP contribution >= 0.6 is 11.3 Å². The molecule has 6 heteroatoms. The fraction of sp³-hybridized carbons (Fsp3) is 0.655. The molecule has 3 rings (SSSR count). The van der Waals surface area contributed by atoms with E-state index in [1.807, 2.05) is 17.4 Å². The maximum atomic E-state index is 5.68. The van der Waals surface area contributed by atoms with Crippen molar-refractivity contribution in [3.8, 4) is 17.2 Å². The van der Waals surface area contributed by atoms with E-state index in [1.54, 1.807) is 31.8 Å². The van der Waals surface area contributed by atoms with Gasteiger partial charge in [-0.1, -0.05) is 33.3 Å². The zero-order valence-corrected chi connectivity index (χ0v) is 23.9. The molecule has 2 heterocycles. The van der Waals surface area contributed by atoms with Gasteiger partial charge in [0.25, 0.3) is 0 Å². The second-order valence-corrected chi connectivity index (χ2v) is 11.9. The molecule has 35 heavy (non-hydrogen) atoms. The highest BCUT2D eigenvalue weighted by atomic mass is 32.1. The molecule has 1 aromatic carbocycles. The van der Waals surface area contributed by atoms with E-state index in [0.717, 1.165) is 44.0 Å². The smallest absolute Gasteiger partial charge is 0.203 e. The van der Waals surface area contributed by atoms with Gasteiger partial charge in [-0.2, -0.15) is 0 Å². The van der Waals surface area contributed by atoms with Gasteiger partial charge in [-0.3, -0.25) is 4.90 Å². The molecule has 0 spiro atoms. The van der Waals surface area contributed by atoms with Crippen LogP contribution in [0.25, 0.3) is 0 Å². The number of rotatable bonds is 13. The van der Waals surface area contributed by atoms with Crippen molar-refractivity contribution in [3.63, 3.8) is 0 Å². The fourth-order valence-electron chi connectivity index (χ4n) is 4.96. The number of hydrogen-bond donors (Lipinski definition) is 0. The van der Waals surface area contributed by atoms with Crippen LogP contribution in [0.3, 0.4) is 0 Å². The second kappa shape index (κ2) is 13.0. The highest BCUT2D eigenvalue weighted by Crippen LogP contribution is 2.40. The van der Waals surface area contributed by atoms with Crippen molar-refractivity contribution >= 4 is 11.3 Å². The summed E-state index contributed by atoms with van der Waals surface area (Å²) in [7, 11) is 5.02. The largest absolute Gasteiger partial charge is 0.493 e. The summed E-state index contributed by atoms with van der Waals surface area (Å²) in [5.41, 5.74) is 3.08. The Labute approximate surface area is 217 Å². The first-order chi connectivity index (χ1) is 16.8. The van der Waals surface area contributed by atoms with Gasteiger partial charge in [0.05, 0.1) is 21.3 Å². The minimum atomic E-state index is 0.365. The van der Waals surface area contributed by atoms with Crippen molar-refractivity contribution in [2.75, 3.05) is 54.1 Å². The van der Waals surface area contributed by atoms with Gasteiger partial charge < -0.3 is 19.1 Å². The molecule has 1 fully saturated rings. The van der Waals surface area contributed by atoms with Crippen molar-refractivity contribution < 1.29 is 14.2 Å². The maximum Gasteiger partial charge on any atom is 0.203 e. The van der Waals surface area contributed by atoms with E-state index >= 15 is 0 Å². The summed E-state index contributed by atoms with van der Waals surface area (Å²) in [6.07, 6.45) is 6.18. The molecule has 0 amide bonds. The summed E-state index contributed by atoms with van der Waals surface area (Å²) in [6.45, 7) is 15.9. The predicted octanol–water partition coefficient (Wildman–Crippen LogP) is 6.20. The standard InChI is InChI=1S/C29H46N2O3S/c1-8-9-25-20-23(22(2)35-25)12-13-29(3,4)14-15-30-16-18-31(19-17-30)21-24-10-11-26(32-5)28(34-7)27(24)33-6/h10-11,20H,8-9,12-19,21H2,1-7H3. The van der Waals surface area contributed by atoms with Crippen molar-refractivity contribution in [1.82, 2.24) is 9.80 Å². The highest BCUT2D eigenvalue weighted by molar-refractivity contribution is 7.12. The van der Waals surface area contributed by atoms with Crippen molar-refractivity contribution in [3.05, 3.63) is 39.1 Å². The molecule has 1 saturated heterocycles. The minimum absolute atomic E-state index is 0.365. The van der Waals surface area contributed by atoms with E-state index in [9.17, 15) is 0 Å². The Morgan fingerprint density at radius 3 is 2.17 bits per heavy atom. The monoisotopic (exact) mass is 502 g/mol. The lowest BCUT2D eigenvalue weighted by molar-refractivity contribution is 0.112. The van der Waals surface area contributed by atoms with Crippen LogP contribution < -0.4 is 14.2 Å². The third-order valence-electron chi connectivity index (χ3n) is 7.39. The van der Waals surface area contributed by atoms with Gasteiger partial charge in [-0.05, 0) is 62.3 Å². The first-order valence-corrected chi connectivity index (χ1v) is 13.9. The summed E-state index contributed by atoms with van der Waals surface area (Å²) < 4.78 is 16.7. The fourth-order valence-corrected chi connectivity index (χ4v) is 6.16. The van der Waals surface area contributed by atoms with Crippen molar-refractivity contribution in [2.24, 2.45) is 5.41 Å². The van der Waals surface area contributed by atoms with Gasteiger partial charge in [-0.25, -0.2) is 0 Å². The number of ether oxygens (including phenoxy) is 3. The van der Waals surface area contributed by atoms with E-state index in [-0.39, 0.29) is 0 Å². The number of nitrogens with zero attached hydrogens (tertiary/aromatic N) is 2. The van der Waals surface area contributed by atoms with E-state index in [1.165, 1.54) is 43.5 Å². The van der Waals surface area contributed by atoms with Crippen molar-refractivity contribution in [2.45, 2.75) is 66.3 Å². The van der Waals surface area contributed by atoms with E-state index in [4.69, 9.17) is 14.2 Å². The SMILES string of the molecule is CCCc1cc(CCC(C)(C)CCN2CCN(Cc3ccc(OC)c(OC)c3OC)CC2)c(C)s1. The van der Waals surface area contributed by atoms with Crippen LogP contribution in [0.15, 0.2) is 18.2 Å². The molecule has 196 valence electrons. The molecule has 1 aliphatic heterocycles. The summed E-state index contributed by atoms with van der Waals surface area (Å²) in [5.74, 6) is 2.15. The summed E-state index contributed by atoms with van der Waals surface area (Å²) in [5, 5.41) is 0. The summed E-state index contributed by atoms with van der Waals surface area (Å²) in [6, 6.07) is 6.53. The molecule has 0 unspecified atom stereocenters. The Morgan fingerprint density at radius 1 is 0.857 bits per heavy atom. The van der Waals surface area contributed by atoms with Crippen LogP contribution in [0.2, 0.25) is 0 Å². The third-order valence-corrected chi connectivity index (χ3v) is 8.54. The predicted molar refractivity (Wildman–Crippen MR) is 148 cm³/mol. The minimum Gasteiger partial charge on any atom is -0.493 e. The average Bonchev–Trinajstić information content (AvgIpc) is 3.21. The molecule has 5 nitrogen and oxygen atoms in total. The Bertz CT molecular complexity index is 932.